The van der Waals surface area contributed by atoms with E-state index in [9.17, 15) is 0 Å². The summed E-state index contributed by atoms with van der Waals surface area (Å²) in [5, 5.41) is 3.57. The van der Waals surface area contributed by atoms with Crippen LogP contribution in [0.25, 0.3) is 0 Å². The highest BCUT2D eigenvalue weighted by Crippen LogP contribution is 2.31. The van der Waals surface area contributed by atoms with Gasteiger partial charge in [-0.05, 0) is 49.8 Å². The molecule has 1 aromatic rings. The van der Waals surface area contributed by atoms with Crippen molar-refractivity contribution < 1.29 is 0 Å². The first kappa shape index (κ1) is 16.3. The molecule has 1 aromatic heterocycles. The van der Waals surface area contributed by atoms with Crippen molar-refractivity contribution in [1.29, 1.82) is 0 Å². The third-order valence-corrected chi connectivity index (χ3v) is 4.44. The van der Waals surface area contributed by atoms with Gasteiger partial charge in [-0.25, -0.2) is 0 Å². The summed E-state index contributed by atoms with van der Waals surface area (Å²) in [7, 11) is 0. The highest BCUT2D eigenvalue weighted by atomic mass is 15.1. The molecule has 0 bridgehead atoms. The van der Waals surface area contributed by atoms with E-state index in [-0.39, 0.29) is 0 Å². The van der Waals surface area contributed by atoms with Crippen LogP contribution in [-0.4, -0.2) is 24.6 Å². The lowest BCUT2D eigenvalue weighted by atomic mass is 9.84. The number of nitrogens with one attached hydrogen (secondary N) is 1. The maximum Gasteiger partial charge on any atom is 0.0574 e. The number of pyridine rings is 1. The van der Waals surface area contributed by atoms with Crippen LogP contribution in [0.4, 0.5) is 5.69 Å². The number of hydrogen-bond acceptors (Lipinski definition) is 3. The lowest BCUT2D eigenvalue weighted by molar-refractivity contribution is 0.293. The number of piperidine rings is 1. The second kappa shape index (κ2) is 7.26. The normalized spacial score (nSPS) is 19.5. The van der Waals surface area contributed by atoms with Crippen LogP contribution in [0.3, 0.4) is 0 Å². The van der Waals surface area contributed by atoms with Gasteiger partial charge < -0.3 is 10.2 Å². The molecule has 1 aliphatic rings. The number of anilines is 1. The lowest BCUT2D eigenvalue weighted by Crippen LogP contribution is -2.40. The van der Waals surface area contributed by atoms with Gasteiger partial charge in [-0.1, -0.05) is 27.7 Å². The molecule has 0 aliphatic carbocycles. The number of hydrogen-bond donors (Lipinski definition) is 1. The highest BCUT2D eigenvalue weighted by molar-refractivity contribution is 5.45. The molecule has 3 nitrogen and oxygen atoms in total. The summed E-state index contributed by atoms with van der Waals surface area (Å²) in [4.78, 5) is 7.21. The fourth-order valence-electron chi connectivity index (χ4n) is 3.21. The molecule has 2 rings (SSSR count). The van der Waals surface area contributed by atoms with Gasteiger partial charge in [0.2, 0.25) is 0 Å². The number of nitrogens with zero attached hydrogens (tertiary/aromatic N) is 2. The Morgan fingerprint density at radius 1 is 1.33 bits per heavy atom. The summed E-state index contributed by atoms with van der Waals surface area (Å²) in [6, 6.07) is 4.84. The largest absolute Gasteiger partial charge is 0.370 e. The van der Waals surface area contributed by atoms with Gasteiger partial charge in [-0.15, -0.1) is 0 Å². The van der Waals surface area contributed by atoms with Crippen LogP contribution in [0, 0.1) is 5.41 Å². The average molecular weight is 289 g/mol. The zero-order chi connectivity index (χ0) is 15.3. The first-order chi connectivity index (χ1) is 10.1. The Kier molecular flexibility index (Phi) is 5.63. The summed E-state index contributed by atoms with van der Waals surface area (Å²) in [5.74, 6) is 0. The summed E-state index contributed by atoms with van der Waals surface area (Å²) in [5.41, 5.74) is 2.87. The van der Waals surface area contributed by atoms with Crippen molar-refractivity contribution in [2.24, 2.45) is 5.41 Å². The molecule has 1 aliphatic heterocycles. The summed E-state index contributed by atoms with van der Waals surface area (Å²) in [6.07, 6.45) is 6.92. The molecule has 1 saturated heterocycles. The maximum absolute atomic E-state index is 4.72. The molecular weight excluding hydrogens is 258 g/mol. The third kappa shape index (κ3) is 4.44. The Hall–Kier alpha value is -1.09. The molecule has 0 saturated carbocycles. The minimum atomic E-state index is 0.386. The molecule has 118 valence electrons. The fourth-order valence-corrected chi connectivity index (χ4v) is 3.21. The summed E-state index contributed by atoms with van der Waals surface area (Å²) >= 11 is 0. The predicted molar refractivity (Wildman–Crippen MR) is 90.8 cm³/mol. The van der Waals surface area contributed by atoms with Gasteiger partial charge in [0.05, 0.1) is 17.6 Å². The number of rotatable bonds is 6. The Morgan fingerprint density at radius 2 is 2.14 bits per heavy atom. The van der Waals surface area contributed by atoms with Crippen molar-refractivity contribution >= 4 is 5.69 Å². The molecule has 1 fully saturated rings. The fraction of sp³-hybridized carbons (Fsp3) is 0.722. The quantitative estimate of drug-likeness (QED) is 0.852. The second-order valence-electron chi connectivity index (χ2n) is 7.05. The molecule has 0 spiro atoms. The van der Waals surface area contributed by atoms with E-state index < -0.39 is 0 Å². The third-order valence-electron chi connectivity index (χ3n) is 4.44. The Morgan fingerprint density at radius 3 is 2.71 bits per heavy atom. The molecule has 3 heteroatoms. The molecule has 0 radical (unpaired) electrons. The van der Waals surface area contributed by atoms with Crippen molar-refractivity contribution in [3.05, 3.63) is 24.0 Å². The minimum Gasteiger partial charge on any atom is -0.370 e. The van der Waals surface area contributed by atoms with Gasteiger partial charge in [-0.2, -0.15) is 0 Å². The molecule has 2 heterocycles. The van der Waals surface area contributed by atoms with Gasteiger partial charge in [0.15, 0.2) is 0 Å². The van der Waals surface area contributed by atoms with E-state index >= 15 is 0 Å². The molecule has 1 unspecified atom stereocenters. The maximum atomic E-state index is 4.72. The molecule has 1 atom stereocenters. The van der Waals surface area contributed by atoms with E-state index in [1.807, 2.05) is 0 Å². The Bertz CT molecular complexity index is 425. The van der Waals surface area contributed by atoms with Crippen LogP contribution < -0.4 is 10.2 Å². The summed E-state index contributed by atoms with van der Waals surface area (Å²) < 4.78 is 0. The number of aromatic nitrogens is 1. The SMILES string of the molecule is CCCNC(CC)c1ccc(N2CCCC(C)(C)C2)cn1. The Balaban J connectivity index is 2.04. The van der Waals surface area contributed by atoms with Crippen LogP contribution in [0.2, 0.25) is 0 Å². The first-order valence-electron chi connectivity index (χ1n) is 8.50. The van der Waals surface area contributed by atoms with Crippen molar-refractivity contribution in [2.75, 3.05) is 24.5 Å². The molecule has 21 heavy (non-hydrogen) atoms. The minimum absolute atomic E-state index is 0.386. The average Bonchev–Trinajstić information content (AvgIpc) is 2.47. The molecular formula is C18H31N3. The van der Waals surface area contributed by atoms with E-state index in [2.05, 4.69) is 56.2 Å². The highest BCUT2D eigenvalue weighted by Gasteiger charge is 2.26. The van der Waals surface area contributed by atoms with E-state index in [4.69, 9.17) is 4.98 Å². The van der Waals surface area contributed by atoms with Crippen LogP contribution in [0.1, 0.15) is 65.1 Å². The van der Waals surface area contributed by atoms with Gasteiger partial charge in [0.1, 0.15) is 0 Å². The van der Waals surface area contributed by atoms with E-state index in [0.29, 0.717) is 11.5 Å². The second-order valence-corrected chi connectivity index (χ2v) is 7.05. The molecule has 1 N–H and O–H groups in total. The first-order valence-corrected chi connectivity index (χ1v) is 8.50. The topological polar surface area (TPSA) is 28.2 Å². The zero-order valence-corrected chi connectivity index (χ0v) is 14.2. The molecule has 0 amide bonds. The van der Waals surface area contributed by atoms with E-state index in [1.165, 1.54) is 24.2 Å². The van der Waals surface area contributed by atoms with Gasteiger partial charge >= 0.3 is 0 Å². The van der Waals surface area contributed by atoms with E-state index in [0.717, 1.165) is 32.5 Å². The monoisotopic (exact) mass is 289 g/mol. The van der Waals surface area contributed by atoms with Crippen LogP contribution in [0.15, 0.2) is 18.3 Å². The summed E-state index contributed by atoms with van der Waals surface area (Å²) in [6.45, 7) is 12.5. The van der Waals surface area contributed by atoms with E-state index in [1.54, 1.807) is 0 Å². The van der Waals surface area contributed by atoms with Crippen molar-refractivity contribution in [3.8, 4) is 0 Å². The zero-order valence-electron chi connectivity index (χ0n) is 14.2. The van der Waals surface area contributed by atoms with Crippen LogP contribution >= 0.6 is 0 Å². The smallest absolute Gasteiger partial charge is 0.0574 e. The van der Waals surface area contributed by atoms with Crippen molar-refractivity contribution in [3.63, 3.8) is 0 Å². The standard InChI is InChI=1S/C18H31N3/c1-5-11-19-16(6-2)17-9-8-15(13-20-17)21-12-7-10-18(3,4)14-21/h8-9,13,16,19H,5-7,10-12,14H2,1-4H3. The van der Waals surface area contributed by atoms with Gasteiger partial charge in [0, 0.05) is 19.1 Å². The van der Waals surface area contributed by atoms with Crippen molar-refractivity contribution in [2.45, 2.75) is 59.4 Å². The van der Waals surface area contributed by atoms with Crippen LogP contribution in [-0.2, 0) is 0 Å². The van der Waals surface area contributed by atoms with Crippen molar-refractivity contribution in [1.82, 2.24) is 10.3 Å². The van der Waals surface area contributed by atoms with Crippen LogP contribution in [0.5, 0.6) is 0 Å². The van der Waals surface area contributed by atoms with Gasteiger partial charge in [0.25, 0.3) is 0 Å². The molecule has 0 aromatic carbocycles. The Labute approximate surface area is 130 Å². The predicted octanol–water partition coefficient (Wildman–Crippen LogP) is 4.16. The lowest BCUT2D eigenvalue weighted by Gasteiger charge is -2.39. The van der Waals surface area contributed by atoms with Gasteiger partial charge in [-0.3, -0.25) is 4.98 Å².